The highest BCUT2D eigenvalue weighted by Gasteiger charge is 2.14. The summed E-state index contributed by atoms with van der Waals surface area (Å²) in [7, 11) is 0. The van der Waals surface area contributed by atoms with Crippen molar-refractivity contribution in [2.24, 2.45) is 5.84 Å². The van der Waals surface area contributed by atoms with Gasteiger partial charge >= 0.3 is 0 Å². The van der Waals surface area contributed by atoms with Crippen molar-refractivity contribution in [2.75, 3.05) is 0 Å². The van der Waals surface area contributed by atoms with Crippen LogP contribution in [0.25, 0.3) is 0 Å². The van der Waals surface area contributed by atoms with E-state index in [0.717, 1.165) is 18.3 Å². The van der Waals surface area contributed by atoms with Crippen molar-refractivity contribution in [3.05, 3.63) is 65.2 Å². The first-order valence-electron chi connectivity index (χ1n) is 5.60. The van der Waals surface area contributed by atoms with Gasteiger partial charge in [-0.05, 0) is 29.7 Å². The minimum Gasteiger partial charge on any atom is -0.271 e. The number of nitrogens with two attached hydrogens (primary N) is 1. The molecule has 6 heteroatoms. The van der Waals surface area contributed by atoms with Crippen LogP contribution in [0, 0.1) is 17.5 Å². The van der Waals surface area contributed by atoms with E-state index in [0.29, 0.717) is 5.56 Å². The van der Waals surface area contributed by atoms with Gasteiger partial charge in [0.1, 0.15) is 17.5 Å². The average molecular weight is 267 g/mol. The number of hydrogen-bond acceptors (Lipinski definition) is 3. The molecule has 1 aromatic carbocycles. The van der Waals surface area contributed by atoms with Crippen LogP contribution in [0.1, 0.15) is 17.2 Å². The summed E-state index contributed by atoms with van der Waals surface area (Å²) in [5, 5.41) is 0. The van der Waals surface area contributed by atoms with Gasteiger partial charge in [-0.2, -0.15) is 0 Å². The number of halogens is 3. The van der Waals surface area contributed by atoms with E-state index in [1.165, 1.54) is 18.3 Å². The van der Waals surface area contributed by atoms with Gasteiger partial charge in [0.25, 0.3) is 0 Å². The van der Waals surface area contributed by atoms with Crippen LogP contribution in [-0.4, -0.2) is 4.98 Å². The van der Waals surface area contributed by atoms with Gasteiger partial charge in [-0.3, -0.25) is 16.3 Å². The molecule has 3 nitrogen and oxygen atoms in total. The molecular formula is C13H12F3N3. The van der Waals surface area contributed by atoms with Crippen molar-refractivity contribution in [3.8, 4) is 0 Å². The van der Waals surface area contributed by atoms with Crippen molar-refractivity contribution >= 4 is 0 Å². The van der Waals surface area contributed by atoms with E-state index >= 15 is 0 Å². The van der Waals surface area contributed by atoms with E-state index in [-0.39, 0.29) is 12.0 Å². The number of benzene rings is 1. The van der Waals surface area contributed by atoms with E-state index < -0.39 is 23.5 Å². The topological polar surface area (TPSA) is 50.9 Å². The molecule has 0 fully saturated rings. The van der Waals surface area contributed by atoms with E-state index in [2.05, 4.69) is 10.4 Å². The summed E-state index contributed by atoms with van der Waals surface area (Å²) in [5.41, 5.74) is 3.25. The second-order valence-corrected chi connectivity index (χ2v) is 4.10. The molecule has 0 aliphatic carbocycles. The molecule has 1 heterocycles. The van der Waals surface area contributed by atoms with Crippen molar-refractivity contribution in [3.63, 3.8) is 0 Å². The van der Waals surface area contributed by atoms with Crippen molar-refractivity contribution in [1.29, 1.82) is 0 Å². The van der Waals surface area contributed by atoms with Crippen LogP contribution >= 0.6 is 0 Å². The summed E-state index contributed by atoms with van der Waals surface area (Å²) in [6, 6.07) is 4.05. The van der Waals surface area contributed by atoms with Crippen LogP contribution in [0.2, 0.25) is 0 Å². The minimum atomic E-state index is -0.662. The summed E-state index contributed by atoms with van der Waals surface area (Å²) in [5.74, 6) is 3.57. The van der Waals surface area contributed by atoms with Gasteiger partial charge in [-0.15, -0.1) is 0 Å². The van der Waals surface area contributed by atoms with Gasteiger partial charge in [-0.25, -0.2) is 13.2 Å². The maximum atomic E-state index is 13.5. The molecular weight excluding hydrogens is 255 g/mol. The summed E-state index contributed by atoms with van der Waals surface area (Å²) < 4.78 is 39.4. The molecule has 0 spiro atoms. The Morgan fingerprint density at radius 1 is 1.11 bits per heavy atom. The van der Waals surface area contributed by atoms with Crippen LogP contribution in [-0.2, 0) is 6.42 Å². The Kier molecular flexibility index (Phi) is 4.13. The highest BCUT2D eigenvalue weighted by atomic mass is 19.1. The molecule has 1 unspecified atom stereocenters. The highest BCUT2D eigenvalue weighted by molar-refractivity contribution is 5.23. The SMILES string of the molecule is NNC(Cc1ccc(F)cc1F)c1cncc(F)c1. The minimum absolute atomic E-state index is 0.160. The summed E-state index contributed by atoms with van der Waals surface area (Å²) in [6.45, 7) is 0. The average Bonchev–Trinajstić information content (AvgIpc) is 2.38. The third kappa shape index (κ3) is 3.30. The lowest BCUT2D eigenvalue weighted by Crippen LogP contribution is -2.30. The predicted molar refractivity (Wildman–Crippen MR) is 64.3 cm³/mol. The molecule has 2 rings (SSSR count). The van der Waals surface area contributed by atoms with Gasteiger partial charge in [0, 0.05) is 12.3 Å². The fourth-order valence-electron chi connectivity index (χ4n) is 1.80. The second-order valence-electron chi connectivity index (χ2n) is 4.10. The van der Waals surface area contributed by atoms with Gasteiger partial charge in [-0.1, -0.05) is 6.07 Å². The zero-order valence-electron chi connectivity index (χ0n) is 9.91. The van der Waals surface area contributed by atoms with E-state index in [1.807, 2.05) is 0 Å². The van der Waals surface area contributed by atoms with E-state index in [1.54, 1.807) is 0 Å². The highest BCUT2D eigenvalue weighted by Crippen LogP contribution is 2.20. The lowest BCUT2D eigenvalue weighted by molar-refractivity contribution is 0.516. The first kappa shape index (κ1) is 13.5. The smallest absolute Gasteiger partial charge is 0.141 e. The number of pyridine rings is 1. The lowest BCUT2D eigenvalue weighted by Gasteiger charge is -2.16. The zero-order valence-corrected chi connectivity index (χ0v) is 9.91. The Labute approximate surface area is 108 Å². The van der Waals surface area contributed by atoms with Crippen LogP contribution in [0.4, 0.5) is 13.2 Å². The maximum absolute atomic E-state index is 13.5. The molecule has 1 atom stereocenters. The molecule has 0 saturated heterocycles. The van der Waals surface area contributed by atoms with Crippen LogP contribution in [0.15, 0.2) is 36.7 Å². The number of nitrogens with zero attached hydrogens (tertiary/aromatic N) is 1. The molecule has 0 aliphatic heterocycles. The molecule has 19 heavy (non-hydrogen) atoms. The van der Waals surface area contributed by atoms with Gasteiger partial charge < -0.3 is 0 Å². The molecule has 2 aromatic rings. The molecule has 3 N–H and O–H groups in total. The first-order valence-corrected chi connectivity index (χ1v) is 5.60. The third-order valence-electron chi connectivity index (χ3n) is 2.77. The molecule has 1 aromatic heterocycles. The molecule has 0 radical (unpaired) electrons. The van der Waals surface area contributed by atoms with Gasteiger partial charge in [0.15, 0.2) is 0 Å². The summed E-state index contributed by atoms with van der Waals surface area (Å²) in [6.07, 6.45) is 2.67. The molecule has 100 valence electrons. The van der Waals surface area contributed by atoms with E-state index in [9.17, 15) is 13.2 Å². The monoisotopic (exact) mass is 267 g/mol. The van der Waals surface area contributed by atoms with Crippen molar-refractivity contribution in [1.82, 2.24) is 10.4 Å². The van der Waals surface area contributed by atoms with Crippen LogP contribution in [0.5, 0.6) is 0 Å². The zero-order chi connectivity index (χ0) is 13.8. The lowest BCUT2D eigenvalue weighted by atomic mass is 10.0. The van der Waals surface area contributed by atoms with Crippen LogP contribution in [0.3, 0.4) is 0 Å². The normalized spacial score (nSPS) is 12.4. The Bertz CT molecular complexity index is 575. The number of hydrogen-bond donors (Lipinski definition) is 2. The fraction of sp³-hybridized carbons (Fsp3) is 0.154. The fourth-order valence-corrected chi connectivity index (χ4v) is 1.80. The summed E-state index contributed by atoms with van der Waals surface area (Å²) >= 11 is 0. The Balaban J connectivity index is 2.24. The second kappa shape index (κ2) is 5.81. The number of nitrogens with one attached hydrogen (secondary N) is 1. The Morgan fingerprint density at radius 3 is 2.53 bits per heavy atom. The number of aromatic nitrogens is 1. The third-order valence-corrected chi connectivity index (χ3v) is 2.77. The molecule has 0 aliphatic rings. The Morgan fingerprint density at radius 2 is 1.89 bits per heavy atom. The molecule has 0 amide bonds. The number of rotatable bonds is 4. The first-order chi connectivity index (χ1) is 9.10. The molecule has 0 saturated carbocycles. The molecule has 0 bridgehead atoms. The van der Waals surface area contributed by atoms with Gasteiger partial charge in [0.05, 0.1) is 12.2 Å². The van der Waals surface area contributed by atoms with E-state index in [4.69, 9.17) is 5.84 Å². The largest absolute Gasteiger partial charge is 0.271 e. The Hall–Kier alpha value is -1.92. The van der Waals surface area contributed by atoms with Crippen molar-refractivity contribution < 1.29 is 13.2 Å². The predicted octanol–water partition coefficient (Wildman–Crippen LogP) is 2.25. The summed E-state index contributed by atoms with van der Waals surface area (Å²) in [4.78, 5) is 3.71. The van der Waals surface area contributed by atoms with Crippen molar-refractivity contribution in [2.45, 2.75) is 12.5 Å². The standard InChI is InChI=1S/C13H12F3N3/c14-10-2-1-8(12(16)5-10)4-13(19-17)9-3-11(15)7-18-6-9/h1-3,5-7,13,19H,4,17H2. The maximum Gasteiger partial charge on any atom is 0.141 e. The quantitative estimate of drug-likeness (QED) is 0.660. The van der Waals surface area contributed by atoms with Gasteiger partial charge in [0.2, 0.25) is 0 Å². The number of hydrazine groups is 1. The van der Waals surface area contributed by atoms with Crippen LogP contribution < -0.4 is 11.3 Å².